The number of rotatable bonds is 3. The van der Waals surface area contributed by atoms with Crippen molar-refractivity contribution in [2.24, 2.45) is 0 Å². The molecule has 1 heterocycles. The Morgan fingerprint density at radius 2 is 1.71 bits per heavy atom. The monoisotopic (exact) mass is 229 g/mol. The van der Waals surface area contributed by atoms with Crippen LogP contribution in [0.3, 0.4) is 0 Å². The number of hydrogen-bond acceptors (Lipinski definition) is 1. The van der Waals surface area contributed by atoms with Gasteiger partial charge < -0.3 is 0 Å². The molecule has 1 nitrogen and oxygen atoms in total. The number of piperidine rings is 1. The maximum absolute atomic E-state index is 4.06. The van der Waals surface area contributed by atoms with Crippen LogP contribution in [0.1, 0.15) is 43.7 Å². The van der Waals surface area contributed by atoms with Crippen LogP contribution in [0.5, 0.6) is 0 Å². The molecular weight excluding hydrogens is 206 g/mol. The average Bonchev–Trinajstić information content (AvgIpc) is 2.33. The topological polar surface area (TPSA) is 3.24 Å². The van der Waals surface area contributed by atoms with E-state index in [0.29, 0.717) is 5.92 Å². The molecule has 1 aromatic carbocycles. The average molecular weight is 229 g/mol. The predicted octanol–water partition coefficient (Wildman–Crippen LogP) is 3.96. The largest absolute Gasteiger partial charge is 0.298 e. The third-order valence-corrected chi connectivity index (χ3v) is 3.62. The molecule has 1 aromatic rings. The smallest absolute Gasteiger partial charge is 0.0233 e. The third-order valence-electron chi connectivity index (χ3n) is 3.62. The van der Waals surface area contributed by atoms with Gasteiger partial charge >= 0.3 is 0 Å². The van der Waals surface area contributed by atoms with Gasteiger partial charge in [-0.3, -0.25) is 4.90 Å². The third kappa shape index (κ3) is 3.44. The quantitative estimate of drug-likeness (QED) is 0.709. The molecule has 92 valence electrons. The minimum Gasteiger partial charge on any atom is -0.298 e. The second-order valence-corrected chi connectivity index (χ2v) is 5.42. The molecule has 17 heavy (non-hydrogen) atoms. The first-order chi connectivity index (χ1) is 8.15. The highest BCUT2D eigenvalue weighted by atomic mass is 15.1. The lowest BCUT2D eigenvalue weighted by molar-refractivity contribution is 0.248. The number of likely N-dealkylation sites (tertiary alicyclic amines) is 1. The van der Waals surface area contributed by atoms with Crippen LogP contribution < -0.4 is 0 Å². The Kier molecular flexibility index (Phi) is 4.01. The van der Waals surface area contributed by atoms with Gasteiger partial charge in [-0.15, -0.1) is 0 Å². The van der Waals surface area contributed by atoms with E-state index >= 15 is 0 Å². The van der Waals surface area contributed by atoms with Gasteiger partial charge in [0.2, 0.25) is 0 Å². The summed E-state index contributed by atoms with van der Waals surface area (Å²) in [5.74, 6) is 0.627. The van der Waals surface area contributed by atoms with Crippen molar-refractivity contribution in [1.82, 2.24) is 4.90 Å². The van der Waals surface area contributed by atoms with Crippen molar-refractivity contribution >= 4 is 0 Å². The summed E-state index contributed by atoms with van der Waals surface area (Å²) in [6.45, 7) is 12.0. The van der Waals surface area contributed by atoms with Gasteiger partial charge in [0.15, 0.2) is 0 Å². The zero-order valence-electron chi connectivity index (χ0n) is 11.1. The van der Waals surface area contributed by atoms with Crippen molar-refractivity contribution in [2.75, 3.05) is 13.1 Å². The van der Waals surface area contributed by atoms with Crippen molar-refractivity contribution in [2.45, 2.75) is 39.2 Å². The van der Waals surface area contributed by atoms with Gasteiger partial charge in [0.1, 0.15) is 0 Å². The molecule has 0 radical (unpaired) electrons. The van der Waals surface area contributed by atoms with Crippen molar-refractivity contribution < 1.29 is 0 Å². The van der Waals surface area contributed by atoms with E-state index in [2.05, 4.69) is 49.6 Å². The lowest BCUT2D eigenvalue weighted by Crippen LogP contribution is -2.29. The molecule has 0 bridgehead atoms. The molecule has 0 aromatic heterocycles. The zero-order chi connectivity index (χ0) is 12.3. The molecule has 0 aliphatic carbocycles. The lowest BCUT2D eigenvalue weighted by Gasteiger charge is -2.27. The Balaban J connectivity index is 1.92. The van der Waals surface area contributed by atoms with Gasteiger partial charge in [-0.1, -0.05) is 50.3 Å². The number of hydrogen-bond donors (Lipinski definition) is 0. The molecule has 0 unspecified atom stereocenters. The molecular formula is C16H23N. The fourth-order valence-corrected chi connectivity index (χ4v) is 2.29. The highest BCUT2D eigenvalue weighted by Gasteiger charge is 2.12. The van der Waals surface area contributed by atoms with Crippen LogP contribution in [0.25, 0.3) is 0 Å². The van der Waals surface area contributed by atoms with Crippen LogP contribution in [0.4, 0.5) is 0 Å². The van der Waals surface area contributed by atoms with E-state index < -0.39 is 0 Å². The summed E-state index contributed by atoms with van der Waals surface area (Å²) in [6, 6.07) is 9.09. The number of nitrogens with zero attached hydrogens (tertiary/aromatic N) is 1. The van der Waals surface area contributed by atoms with E-state index in [9.17, 15) is 0 Å². The summed E-state index contributed by atoms with van der Waals surface area (Å²) in [5.41, 5.74) is 4.28. The highest BCUT2D eigenvalue weighted by Crippen LogP contribution is 2.18. The molecule has 0 amide bonds. The standard InChI is InChI=1S/C16H23N/c1-13(2)16-6-4-15(5-7-16)12-17-10-8-14(3)9-11-17/h4-7,13H,3,8-12H2,1-2H3. The summed E-state index contributed by atoms with van der Waals surface area (Å²) in [6.07, 6.45) is 2.34. The van der Waals surface area contributed by atoms with Crippen LogP contribution >= 0.6 is 0 Å². The molecule has 0 spiro atoms. The van der Waals surface area contributed by atoms with Crippen LogP contribution in [0.2, 0.25) is 0 Å². The molecule has 0 saturated carbocycles. The van der Waals surface area contributed by atoms with Crippen LogP contribution in [0, 0.1) is 0 Å². The maximum Gasteiger partial charge on any atom is 0.0233 e. The van der Waals surface area contributed by atoms with Gasteiger partial charge in [0.05, 0.1) is 0 Å². The van der Waals surface area contributed by atoms with Crippen LogP contribution in [-0.4, -0.2) is 18.0 Å². The first-order valence-electron chi connectivity index (χ1n) is 6.63. The van der Waals surface area contributed by atoms with Gasteiger partial charge in [-0.25, -0.2) is 0 Å². The van der Waals surface area contributed by atoms with Crippen molar-refractivity contribution in [3.63, 3.8) is 0 Å². The van der Waals surface area contributed by atoms with Gasteiger partial charge in [0, 0.05) is 19.6 Å². The molecule has 2 rings (SSSR count). The van der Waals surface area contributed by atoms with Gasteiger partial charge in [0.25, 0.3) is 0 Å². The van der Waals surface area contributed by atoms with E-state index in [1.54, 1.807) is 0 Å². The Morgan fingerprint density at radius 1 is 1.12 bits per heavy atom. The Hall–Kier alpha value is -1.08. The molecule has 1 saturated heterocycles. The lowest BCUT2D eigenvalue weighted by atomic mass is 10.0. The van der Waals surface area contributed by atoms with Gasteiger partial charge in [-0.05, 0) is 29.9 Å². The van der Waals surface area contributed by atoms with Crippen LogP contribution in [0.15, 0.2) is 36.4 Å². The van der Waals surface area contributed by atoms with E-state index in [0.717, 1.165) is 6.54 Å². The Labute approximate surface area is 105 Å². The highest BCUT2D eigenvalue weighted by molar-refractivity contribution is 5.24. The molecule has 0 N–H and O–H groups in total. The van der Waals surface area contributed by atoms with Crippen molar-refractivity contribution in [3.05, 3.63) is 47.5 Å². The Bertz CT molecular complexity index is 365. The molecule has 0 atom stereocenters. The summed E-state index contributed by atoms with van der Waals surface area (Å²) >= 11 is 0. The normalized spacial score (nSPS) is 17.7. The Morgan fingerprint density at radius 3 is 2.24 bits per heavy atom. The number of benzene rings is 1. The first kappa shape index (κ1) is 12.4. The second-order valence-electron chi connectivity index (χ2n) is 5.42. The molecule has 1 aliphatic heterocycles. The van der Waals surface area contributed by atoms with Crippen molar-refractivity contribution in [1.29, 1.82) is 0 Å². The van der Waals surface area contributed by atoms with E-state index in [-0.39, 0.29) is 0 Å². The molecule has 1 heteroatoms. The maximum atomic E-state index is 4.06. The van der Waals surface area contributed by atoms with E-state index in [4.69, 9.17) is 0 Å². The summed E-state index contributed by atoms with van der Waals surface area (Å²) in [7, 11) is 0. The molecule has 1 aliphatic rings. The first-order valence-corrected chi connectivity index (χ1v) is 6.63. The van der Waals surface area contributed by atoms with E-state index in [1.807, 2.05) is 0 Å². The zero-order valence-corrected chi connectivity index (χ0v) is 11.1. The van der Waals surface area contributed by atoms with Gasteiger partial charge in [-0.2, -0.15) is 0 Å². The summed E-state index contributed by atoms with van der Waals surface area (Å²) in [4.78, 5) is 2.53. The fourth-order valence-electron chi connectivity index (χ4n) is 2.29. The summed E-state index contributed by atoms with van der Waals surface area (Å²) < 4.78 is 0. The SMILES string of the molecule is C=C1CCN(Cc2ccc(C(C)C)cc2)CC1. The summed E-state index contributed by atoms with van der Waals surface area (Å²) in [5, 5.41) is 0. The minimum absolute atomic E-state index is 0.627. The van der Waals surface area contributed by atoms with Crippen molar-refractivity contribution in [3.8, 4) is 0 Å². The second kappa shape index (κ2) is 5.50. The predicted molar refractivity (Wildman–Crippen MR) is 74.2 cm³/mol. The fraction of sp³-hybridized carbons (Fsp3) is 0.500. The minimum atomic E-state index is 0.627. The van der Waals surface area contributed by atoms with E-state index in [1.165, 1.54) is 42.6 Å². The van der Waals surface area contributed by atoms with Crippen LogP contribution in [-0.2, 0) is 6.54 Å². The molecule has 1 fully saturated rings.